The lowest BCUT2D eigenvalue weighted by Crippen LogP contribution is -2.42. The van der Waals surface area contributed by atoms with Crippen molar-refractivity contribution in [3.05, 3.63) is 113 Å². The van der Waals surface area contributed by atoms with Gasteiger partial charge in [0.1, 0.15) is 24.5 Å². The van der Waals surface area contributed by atoms with Crippen LogP contribution in [0, 0.1) is 12.7 Å². The summed E-state index contributed by atoms with van der Waals surface area (Å²) in [4.78, 5) is 23.0. The molecule has 2 aliphatic rings. The van der Waals surface area contributed by atoms with Crippen LogP contribution in [0.5, 0.6) is 0 Å². The fraction of sp³-hybridized carbons (Fsp3) is 0.273. The molecule has 47 heavy (non-hydrogen) atoms. The van der Waals surface area contributed by atoms with Gasteiger partial charge in [0.25, 0.3) is 0 Å². The smallest absolute Gasteiger partial charge is 0.416 e. The molecule has 0 saturated heterocycles. The molecule has 1 N–H and O–H groups in total. The molecule has 0 saturated carbocycles. The second-order valence-corrected chi connectivity index (χ2v) is 11.6. The number of pyridine rings is 1. The van der Waals surface area contributed by atoms with Crippen LogP contribution in [0.3, 0.4) is 0 Å². The van der Waals surface area contributed by atoms with Crippen LogP contribution in [0.25, 0.3) is 11.1 Å². The van der Waals surface area contributed by atoms with Crippen molar-refractivity contribution >= 4 is 17.4 Å². The van der Waals surface area contributed by atoms with Crippen LogP contribution in [0.1, 0.15) is 36.1 Å². The molecule has 3 aromatic rings. The topological polar surface area (TPSA) is 69.1 Å². The predicted octanol–water partition coefficient (Wildman–Crippen LogP) is 7.47. The van der Waals surface area contributed by atoms with Crippen LogP contribution >= 0.6 is 0 Å². The highest BCUT2D eigenvalue weighted by atomic mass is 19.4. The monoisotopic (exact) mass is 662 g/mol. The maximum Gasteiger partial charge on any atom is 0.416 e. The summed E-state index contributed by atoms with van der Waals surface area (Å²) in [6.07, 6.45) is -2.34. The molecule has 5 rings (SSSR count). The number of hydrogen-bond acceptors (Lipinski definition) is 6. The van der Waals surface area contributed by atoms with Crippen molar-refractivity contribution in [1.29, 1.82) is 0 Å². The number of amides is 1. The number of carbonyl (C=O) groups excluding carboxylic acids is 1. The van der Waals surface area contributed by atoms with Crippen molar-refractivity contribution in [2.24, 2.45) is 0 Å². The molecule has 0 spiro atoms. The highest BCUT2D eigenvalue weighted by Gasteiger charge is 2.41. The van der Waals surface area contributed by atoms with Gasteiger partial charge in [-0.15, -0.1) is 0 Å². The van der Waals surface area contributed by atoms with E-state index in [9.17, 15) is 40.6 Å². The summed E-state index contributed by atoms with van der Waals surface area (Å²) >= 11 is 0. The van der Waals surface area contributed by atoms with Gasteiger partial charge < -0.3 is 19.6 Å². The largest absolute Gasteiger partial charge is 0.493 e. The fourth-order valence-corrected chi connectivity index (χ4v) is 5.38. The number of halogens is 7. The van der Waals surface area contributed by atoms with E-state index in [0.29, 0.717) is 46.0 Å². The Labute approximate surface area is 265 Å². The summed E-state index contributed by atoms with van der Waals surface area (Å²) in [6.45, 7) is 3.95. The van der Waals surface area contributed by atoms with Crippen molar-refractivity contribution in [3.8, 4) is 11.1 Å². The first kappa shape index (κ1) is 33.5. The van der Waals surface area contributed by atoms with Crippen molar-refractivity contribution in [2.75, 3.05) is 30.1 Å². The van der Waals surface area contributed by atoms with Crippen LogP contribution in [0.2, 0.25) is 0 Å². The highest BCUT2D eigenvalue weighted by Crippen LogP contribution is 2.42. The molecule has 1 aromatic heterocycles. The number of likely N-dealkylation sites (N-methyl/N-ethyl adjacent to an activating group) is 1. The summed E-state index contributed by atoms with van der Waals surface area (Å²) in [5.74, 6) is -1.06. The Morgan fingerprint density at radius 2 is 1.60 bits per heavy atom. The third-order valence-electron chi connectivity index (χ3n) is 8.02. The number of nitrogens with zero attached hydrogens (tertiary/aromatic N) is 4. The first-order chi connectivity index (χ1) is 21.9. The molecule has 3 heterocycles. The van der Waals surface area contributed by atoms with E-state index < -0.39 is 46.2 Å². The lowest BCUT2D eigenvalue weighted by molar-refractivity contribution is -0.143. The third kappa shape index (κ3) is 6.55. The molecule has 0 fully saturated rings. The standard InChI is InChI=1S/C33H29F7N4O3/c1-19-9-23(34)5-6-26(19)27-13-29(44-16-25-18-47-8-7-43(25)15-24(44)17-45)41-14-28(27)42(4)30(46)31(2,3)20-10-21(32(35,36)37)12-22(11-20)33(38,39)40/h5-16,45H,17-18H2,1-4H3. The minimum absolute atomic E-state index is 0.00572. The SMILES string of the molecule is Cc1cc(F)ccc1-c1cc(N2C=C3COC=CN3C=C2CO)ncc1N(C)C(=O)C(C)(C)c1cc(C(F)(F)F)cc(C(F)(F)F)c1. The molecule has 7 nitrogen and oxygen atoms in total. The van der Waals surface area contributed by atoms with Gasteiger partial charge in [-0.05, 0) is 73.9 Å². The Kier molecular flexibility index (Phi) is 8.60. The lowest BCUT2D eigenvalue weighted by Gasteiger charge is -2.34. The highest BCUT2D eigenvalue weighted by molar-refractivity contribution is 6.03. The van der Waals surface area contributed by atoms with Crippen LogP contribution in [0.4, 0.5) is 42.2 Å². The molecule has 0 radical (unpaired) electrons. The van der Waals surface area contributed by atoms with Gasteiger partial charge in [-0.1, -0.05) is 6.07 Å². The van der Waals surface area contributed by atoms with E-state index in [4.69, 9.17) is 4.74 Å². The minimum Gasteiger partial charge on any atom is -0.493 e. The number of alkyl halides is 6. The molecule has 2 aliphatic heterocycles. The molecule has 0 unspecified atom stereocenters. The number of aryl methyl sites for hydroxylation is 1. The number of ether oxygens (including phenoxy) is 1. The predicted molar refractivity (Wildman–Crippen MR) is 160 cm³/mol. The number of fused-ring (bicyclic) bond motifs is 1. The summed E-state index contributed by atoms with van der Waals surface area (Å²) < 4.78 is 101. The van der Waals surface area contributed by atoms with Crippen LogP contribution in [-0.4, -0.2) is 41.2 Å². The quantitative estimate of drug-likeness (QED) is 0.276. The Morgan fingerprint density at radius 3 is 2.19 bits per heavy atom. The maximum atomic E-state index is 14.1. The van der Waals surface area contributed by atoms with Crippen molar-refractivity contribution < 1.29 is 45.4 Å². The van der Waals surface area contributed by atoms with Gasteiger partial charge >= 0.3 is 12.4 Å². The van der Waals surface area contributed by atoms with Gasteiger partial charge in [0, 0.05) is 31.2 Å². The number of anilines is 2. The molecule has 0 bridgehead atoms. The Bertz CT molecular complexity index is 1780. The van der Waals surface area contributed by atoms with E-state index in [1.165, 1.54) is 51.6 Å². The summed E-state index contributed by atoms with van der Waals surface area (Å²) in [5, 5.41) is 10.1. The fourth-order valence-electron chi connectivity index (χ4n) is 5.38. The van der Waals surface area contributed by atoms with E-state index in [0.717, 1.165) is 4.90 Å². The zero-order valence-electron chi connectivity index (χ0n) is 25.5. The number of aliphatic hydroxyl groups is 1. The van der Waals surface area contributed by atoms with Crippen LogP contribution in [0.15, 0.2) is 84.9 Å². The van der Waals surface area contributed by atoms with E-state index in [-0.39, 0.29) is 25.0 Å². The van der Waals surface area contributed by atoms with E-state index >= 15 is 0 Å². The van der Waals surface area contributed by atoms with Gasteiger partial charge in [0.2, 0.25) is 5.91 Å². The molecule has 2 aromatic carbocycles. The van der Waals surface area contributed by atoms with Crippen LogP contribution in [-0.2, 0) is 27.3 Å². The number of aromatic nitrogens is 1. The van der Waals surface area contributed by atoms with Gasteiger partial charge in [-0.2, -0.15) is 26.3 Å². The van der Waals surface area contributed by atoms with Gasteiger partial charge in [0.05, 0.1) is 46.4 Å². The van der Waals surface area contributed by atoms with E-state index in [1.54, 1.807) is 41.4 Å². The van der Waals surface area contributed by atoms with Crippen molar-refractivity contribution in [2.45, 2.75) is 38.5 Å². The van der Waals surface area contributed by atoms with Crippen molar-refractivity contribution in [1.82, 2.24) is 9.88 Å². The van der Waals surface area contributed by atoms with E-state index in [1.807, 2.05) is 0 Å². The zero-order chi connectivity index (χ0) is 34.5. The number of aliphatic hydroxyl groups excluding tert-OH is 1. The number of hydrogen-bond donors (Lipinski definition) is 1. The molecule has 0 aliphatic carbocycles. The molecule has 14 heteroatoms. The first-order valence-corrected chi connectivity index (χ1v) is 14.1. The van der Waals surface area contributed by atoms with E-state index in [2.05, 4.69) is 4.98 Å². The number of rotatable bonds is 6. The Hall–Kier alpha value is -4.85. The van der Waals surface area contributed by atoms with Gasteiger partial charge in [-0.25, -0.2) is 9.37 Å². The normalized spacial score (nSPS) is 15.1. The molecular formula is C33H29F7N4O3. The summed E-state index contributed by atoms with van der Waals surface area (Å²) in [7, 11) is 1.33. The minimum atomic E-state index is -5.10. The lowest BCUT2D eigenvalue weighted by atomic mass is 9.81. The first-order valence-electron chi connectivity index (χ1n) is 14.1. The number of carbonyl (C=O) groups is 1. The average molecular weight is 663 g/mol. The molecular weight excluding hydrogens is 633 g/mol. The number of benzene rings is 2. The second kappa shape index (κ2) is 12.1. The average Bonchev–Trinajstić information content (AvgIpc) is 3.02. The van der Waals surface area contributed by atoms with Gasteiger partial charge in [0.15, 0.2) is 0 Å². The Balaban J connectivity index is 1.62. The second-order valence-electron chi connectivity index (χ2n) is 11.6. The molecule has 248 valence electrons. The summed E-state index contributed by atoms with van der Waals surface area (Å²) in [6, 6.07) is 6.64. The zero-order valence-corrected chi connectivity index (χ0v) is 25.5. The third-order valence-corrected chi connectivity index (χ3v) is 8.02. The Morgan fingerprint density at radius 1 is 0.957 bits per heavy atom. The molecule has 0 atom stereocenters. The van der Waals surface area contributed by atoms with Gasteiger partial charge in [-0.3, -0.25) is 9.69 Å². The van der Waals surface area contributed by atoms with Crippen molar-refractivity contribution in [3.63, 3.8) is 0 Å². The van der Waals surface area contributed by atoms with Crippen LogP contribution < -0.4 is 9.80 Å². The maximum absolute atomic E-state index is 14.1. The molecule has 1 amide bonds. The summed E-state index contributed by atoms with van der Waals surface area (Å²) in [5.41, 5.74) is -2.86.